The van der Waals surface area contributed by atoms with Crippen molar-refractivity contribution in [1.82, 2.24) is 0 Å². The first-order valence-electron chi connectivity index (χ1n) is 11.5. The number of unbranched alkanes of at least 4 members (excludes halogenated alkanes) is 10. The summed E-state index contributed by atoms with van der Waals surface area (Å²) in [5.74, 6) is -0.918. The Kier molecular flexibility index (Phi) is 17.9. The molecule has 7 N–H and O–H groups in total. The zero-order chi connectivity index (χ0) is 22.1. The highest BCUT2D eigenvalue weighted by Gasteiger charge is 2.32. The van der Waals surface area contributed by atoms with Crippen molar-refractivity contribution in [2.24, 2.45) is 5.73 Å². The summed E-state index contributed by atoms with van der Waals surface area (Å²) in [5.41, 5.74) is 5.62. The Labute approximate surface area is 176 Å². The largest absolute Gasteiger partial charge is 0.394 e. The summed E-state index contributed by atoms with van der Waals surface area (Å²) in [6.07, 6.45) is 9.57. The molecule has 2 unspecified atom stereocenters. The number of carbonyl (C=O) groups is 1. The number of aliphatic hydroxyl groups excluding tert-OH is 5. The van der Waals surface area contributed by atoms with Crippen LogP contribution in [0.1, 0.15) is 96.8 Å². The number of aliphatic hydroxyl groups is 5. The molecule has 0 bridgehead atoms. The lowest BCUT2D eigenvalue weighted by Gasteiger charge is -2.23. The Morgan fingerprint density at radius 2 is 1.21 bits per heavy atom. The maximum Gasteiger partial charge on any atom is 0.183 e. The molecule has 7 heteroatoms. The van der Waals surface area contributed by atoms with E-state index in [0.29, 0.717) is 12.8 Å². The molecule has 0 aliphatic heterocycles. The smallest absolute Gasteiger partial charge is 0.183 e. The predicted octanol–water partition coefficient (Wildman–Crippen LogP) is 1.80. The Morgan fingerprint density at radius 1 is 0.724 bits per heavy atom. The highest BCUT2D eigenvalue weighted by Crippen LogP contribution is 2.15. The fourth-order valence-electron chi connectivity index (χ4n) is 3.41. The second kappa shape index (κ2) is 18.2. The maximum atomic E-state index is 11.8. The Balaban J connectivity index is 3.72. The lowest BCUT2D eigenvalue weighted by molar-refractivity contribution is -0.138. The number of Topliss-reactive ketones (excluding diaryl/α,β-unsaturated/α-hetero) is 1. The third-order valence-electron chi connectivity index (χ3n) is 5.52. The first-order chi connectivity index (χ1) is 13.8. The normalized spacial score (nSPS) is 16.9. The molecule has 0 aromatic carbocycles. The number of carbonyl (C=O) groups excluding carboxylic acids is 1. The number of ketones is 1. The van der Waals surface area contributed by atoms with Crippen LogP contribution in [-0.4, -0.2) is 68.4 Å². The van der Waals surface area contributed by atoms with Crippen LogP contribution >= 0.6 is 0 Å². The lowest BCUT2D eigenvalue weighted by Crippen LogP contribution is -2.51. The molecule has 29 heavy (non-hydrogen) atoms. The van der Waals surface area contributed by atoms with E-state index in [2.05, 4.69) is 6.92 Å². The van der Waals surface area contributed by atoms with E-state index in [9.17, 15) is 25.2 Å². The minimum atomic E-state index is -1.83. The van der Waals surface area contributed by atoms with Gasteiger partial charge in [-0.15, -0.1) is 0 Å². The predicted molar refractivity (Wildman–Crippen MR) is 114 cm³/mol. The molecule has 0 aromatic heterocycles. The Bertz CT molecular complexity index is 395. The molecule has 0 aromatic rings. The number of hydrogen-bond acceptors (Lipinski definition) is 7. The fraction of sp³-hybridized carbons (Fsp3) is 0.955. The molecule has 0 heterocycles. The van der Waals surface area contributed by atoms with E-state index >= 15 is 0 Å². The third-order valence-corrected chi connectivity index (χ3v) is 5.52. The van der Waals surface area contributed by atoms with Gasteiger partial charge in [-0.05, 0) is 19.3 Å². The zero-order valence-electron chi connectivity index (χ0n) is 18.2. The molecular weight excluding hydrogens is 374 g/mol. The van der Waals surface area contributed by atoms with Crippen LogP contribution in [0.15, 0.2) is 0 Å². The molecule has 174 valence electrons. The van der Waals surface area contributed by atoms with Gasteiger partial charge in [0.05, 0.1) is 24.9 Å². The van der Waals surface area contributed by atoms with Gasteiger partial charge in [-0.2, -0.15) is 0 Å². The summed E-state index contributed by atoms with van der Waals surface area (Å²) in [5, 5.41) is 47.6. The number of hydrogen-bond donors (Lipinski definition) is 6. The molecule has 0 saturated heterocycles. The second-order valence-electron chi connectivity index (χ2n) is 8.25. The van der Waals surface area contributed by atoms with E-state index < -0.39 is 42.8 Å². The van der Waals surface area contributed by atoms with Crippen LogP contribution in [-0.2, 0) is 4.79 Å². The van der Waals surface area contributed by atoms with E-state index in [4.69, 9.17) is 10.8 Å². The molecule has 0 radical (unpaired) electrons. The quantitative estimate of drug-likeness (QED) is 0.165. The fourth-order valence-corrected chi connectivity index (χ4v) is 3.41. The maximum absolute atomic E-state index is 11.8. The van der Waals surface area contributed by atoms with Gasteiger partial charge < -0.3 is 31.3 Å². The molecule has 7 nitrogen and oxygen atoms in total. The number of rotatable bonds is 20. The summed E-state index contributed by atoms with van der Waals surface area (Å²) >= 11 is 0. The number of nitrogens with two attached hydrogens (primary N) is 1. The second-order valence-corrected chi connectivity index (χ2v) is 8.25. The van der Waals surface area contributed by atoms with Crippen molar-refractivity contribution < 1.29 is 30.3 Å². The van der Waals surface area contributed by atoms with Gasteiger partial charge in [-0.3, -0.25) is 4.79 Å². The van der Waals surface area contributed by atoms with Gasteiger partial charge in [0.1, 0.15) is 12.2 Å². The molecule has 0 amide bonds. The highest BCUT2D eigenvalue weighted by molar-refractivity contribution is 5.88. The summed E-state index contributed by atoms with van der Waals surface area (Å²) in [6, 6.07) is -1.36. The van der Waals surface area contributed by atoms with Crippen LogP contribution < -0.4 is 5.73 Å². The molecule has 0 aliphatic rings. The van der Waals surface area contributed by atoms with Gasteiger partial charge in [0, 0.05) is 0 Å². The van der Waals surface area contributed by atoms with Crippen LogP contribution in [0.3, 0.4) is 0 Å². The van der Waals surface area contributed by atoms with Crippen molar-refractivity contribution in [3.8, 4) is 0 Å². The van der Waals surface area contributed by atoms with Crippen LogP contribution in [0.2, 0.25) is 0 Å². The van der Waals surface area contributed by atoms with Gasteiger partial charge in [-0.1, -0.05) is 77.6 Å². The van der Waals surface area contributed by atoms with Crippen LogP contribution in [0.5, 0.6) is 0 Å². The molecule has 0 spiro atoms. The summed E-state index contributed by atoms with van der Waals surface area (Å²) < 4.78 is 0. The summed E-state index contributed by atoms with van der Waals surface area (Å²) in [4.78, 5) is 11.8. The standard InChI is InChI=1S/C22H45NO6/c1-2-3-4-5-6-7-8-9-10-11-12-13-17(25)14-15-18(26)20(23)22(29)21(28)19(27)16-24/h17-21,24-28H,2-16,23H2,1H3/t17?,18?,19-,20+,21-/m1/s1. The van der Waals surface area contributed by atoms with Crippen LogP contribution in [0.4, 0.5) is 0 Å². The van der Waals surface area contributed by atoms with E-state index in [-0.39, 0.29) is 6.42 Å². The zero-order valence-corrected chi connectivity index (χ0v) is 18.2. The molecule has 5 atom stereocenters. The van der Waals surface area contributed by atoms with Crippen molar-refractivity contribution in [2.45, 2.75) is 127 Å². The van der Waals surface area contributed by atoms with Gasteiger partial charge in [-0.25, -0.2) is 0 Å². The molecular formula is C22H45NO6. The van der Waals surface area contributed by atoms with Gasteiger partial charge >= 0.3 is 0 Å². The average molecular weight is 420 g/mol. The first kappa shape index (κ1) is 28.4. The molecule has 0 fully saturated rings. The van der Waals surface area contributed by atoms with Crippen LogP contribution in [0.25, 0.3) is 0 Å². The molecule has 0 rings (SSSR count). The lowest BCUT2D eigenvalue weighted by atomic mass is 9.95. The molecule has 0 saturated carbocycles. The first-order valence-corrected chi connectivity index (χ1v) is 11.5. The Hall–Kier alpha value is -0.570. The monoisotopic (exact) mass is 419 g/mol. The summed E-state index contributed by atoms with van der Waals surface area (Å²) in [7, 11) is 0. The van der Waals surface area contributed by atoms with Crippen LogP contribution in [0, 0.1) is 0 Å². The molecule has 0 aliphatic carbocycles. The van der Waals surface area contributed by atoms with Gasteiger partial charge in [0.25, 0.3) is 0 Å². The van der Waals surface area contributed by atoms with E-state index in [1.165, 1.54) is 57.8 Å². The van der Waals surface area contributed by atoms with E-state index in [1.54, 1.807) is 0 Å². The minimum absolute atomic E-state index is 0.133. The third kappa shape index (κ3) is 14.1. The van der Waals surface area contributed by atoms with E-state index in [1.807, 2.05) is 0 Å². The van der Waals surface area contributed by atoms with E-state index in [0.717, 1.165) is 12.8 Å². The topological polar surface area (TPSA) is 144 Å². The average Bonchev–Trinajstić information content (AvgIpc) is 2.73. The van der Waals surface area contributed by atoms with Gasteiger partial charge in [0.15, 0.2) is 5.78 Å². The Morgan fingerprint density at radius 3 is 1.69 bits per heavy atom. The van der Waals surface area contributed by atoms with Crippen molar-refractivity contribution in [2.75, 3.05) is 6.61 Å². The summed E-state index contributed by atoms with van der Waals surface area (Å²) in [6.45, 7) is 1.46. The van der Waals surface area contributed by atoms with Crippen molar-refractivity contribution in [3.63, 3.8) is 0 Å². The highest BCUT2D eigenvalue weighted by atomic mass is 16.4. The minimum Gasteiger partial charge on any atom is -0.394 e. The van der Waals surface area contributed by atoms with Crippen molar-refractivity contribution >= 4 is 5.78 Å². The van der Waals surface area contributed by atoms with Gasteiger partial charge in [0.2, 0.25) is 0 Å². The van der Waals surface area contributed by atoms with Crippen molar-refractivity contribution in [1.29, 1.82) is 0 Å². The van der Waals surface area contributed by atoms with Crippen molar-refractivity contribution in [3.05, 3.63) is 0 Å². The SMILES string of the molecule is CCCCCCCCCCCCCC(O)CCC(O)[C@H](N)C(=O)[C@H](O)[C@H](O)CO.